The maximum Gasteiger partial charge on any atom is 0.231 e. The summed E-state index contributed by atoms with van der Waals surface area (Å²) in [5, 5.41) is 8.55. The quantitative estimate of drug-likeness (QED) is 0.824. The molecule has 7 heteroatoms. The number of nitrogens with one attached hydrogen (secondary N) is 2. The zero-order valence-corrected chi connectivity index (χ0v) is 15.8. The highest BCUT2D eigenvalue weighted by Crippen LogP contribution is 2.21. The molecule has 1 aromatic rings. The first-order chi connectivity index (χ1) is 11.3. The predicted octanol–water partition coefficient (Wildman–Crippen LogP) is 2.27. The Kier molecular flexibility index (Phi) is 6.34. The van der Waals surface area contributed by atoms with Crippen molar-refractivity contribution in [2.45, 2.75) is 53.0 Å². The molecule has 0 bridgehead atoms. The van der Waals surface area contributed by atoms with Crippen LogP contribution >= 0.6 is 11.3 Å². The highest BCUT2D eigenvalue weighted by atomic mass is 32.1. The third-order valence-corrected chi connectivity index (χ3v) is 4.85. The van der Waals surface area contributed by atoms with E-state index in [1.165, 1.54) is 11.3 Å². The Morgan fingerprint density at radius 1 is 1.46 bits per heavy atom. The van der Waals surface area contributed by atoms with Gasteiger partial charge in [-0.15, -0.1) is 11.3 Å². The summed E-state index contributed by atoms with van der Waals surface area (Å²) in [6, 6.07) is 0.288. The van der Waals surface area contributed by atoms with Crippen LogP contribution in [0.1, 0.15) is 46.2 Å². The van der Waals surface area contributed by atoms with Gasteiger partial charge in [0.1, 0.15) is 0 Å². The number of aromatic nitrogens is 1. The maximum absolute atomic E-state index is 12.7. The standard InChI is InChI=1S/C17H28N4O2S/c1-5-8-21(13-6-7-18-10-13)14(22)9-12-11-24-16(19-12)20-15(23)17(2,3)4/h11,13,18H,5-10H2,1-4H3,(H,19,20,23). The molecular formula is C17H28N4O2S. The van der Waals surface area contributed by atoms with Gasteiger partial charge in [-0.05, 0) is 19.4 Å². The highest BCUT2D eigenvalue weighted by Gasteiger charge is 2.26. The number of carbonyl (C=O) groups is 2. The van der Waals surface area contributed by atoms with E-state index in [1.54, 1.807) is 0 Å². The zero-order chi connectivity index (χ0) is 17.7. The van der Waals surface area contributed by atoms with Gasteiger partial charge in [0, 0.05) is 29.9 Å². The molecule has 2 amide bonds. The minimum absolute atomic E-state index is 0.0700. The molecule has 6 nitrogen and oxygen atoms in total. The normalized spacial score (nSPS) is 17.8. The lowest BCUT2D eigenvalue weighted by atomic mass is 9.96. The first-order valence-corrected chi connectivity index (χ1v) is 9.45. The molecule has 1 aromatic heterocycles. The number of thiazole rings is 1. The molecule has 0 saturated carbocycles. The van der Waals surface area contributed by atoms with Crippen LogP contribution in [-0.2, 0) is 16.0 Å². The molecule has 2 rings (SSSR count). The van der Waals surface area contributed by atoms with Crippen molar-refractivity contribution >= 4 is 28.3 Å². The number of hydrogen-bond donors (Lipinski definition) is 2. The third-order valence-electron chi connectivity index (χ3n) is 4.05. The van der Waals surface area contributed by atoms with Gasteiger partial charge in [0.25, 0.3) is 0 Å². The van der Waals surface area contributed by atoms with E-state index in [0.29, 0.717) is 11.6 Å². The Hall–Kier alpha value is -1.47. The monoisotopic (exact) mass is 352 g/mol. The minimum Gasteiger partial charge on any atom is -0.338 e. The number of nitrogens with zero attached hydrogens (tertiary/aromatic N) is 2. The van der Waals surface area contributed by atoms with Crippen LogP contribution in [0.4, 0.5) is 5.13 Å². The molecule has 1 saturated heterocycles. The van der Waals surface area contributed by atoms with E-state index in [0.717, 1.165) is 38.2 Å². The topological polar surface area (TPSA) is 74.3 Å². The van der Waals surface area contributed by atoms with Gasteiger partial charge in [-0.2, -0.15) is 0 Å². The zero-order valence-electron chi connectivity index (χ0n) is 15.0. The van der Waals surface area contributed by atoms with Crippen LogP contribution in [0.5, 0.6) is 0 Å². The Bertz CT molecular complexity index is 573. The van der Waals surface area contributed by atoms with Crippen LogP contribution in [0.25, 0.3) is 0 Å². The van der Waals surface area contributed by atoms with Crippen LogP contribution < -0.4 is 10.6 Å². The van der Waals surface area contributed by atoms with Gasteiger partial charge < -0.3 is 15.5 Å². The van der Waals surface area contributed by atoms with Crippen molar-refractivity contribution in [1.82, 2.24) is 15.2 Å². The predicted molar refractivity (Wildman–Crippen MR) is 97.2 cm³/mol. The van der Waals surface area contributed by atoms with Crippen LogP contribution in [-0.4, -0.2) is 47.4 Å². The summed E-state index contributed by atoms with van der Waals surface area (Å²) in [4.78, 5) is 31.0. The van der Waals surface area contributed by atoms with E-state index in [4.69, 9.17) is 0 Å². The summed E-state index contributed by atoms with van der Waals surface area (Å²) < 4.78 is 0. The minimum atomic E-state index is -0.463. The first-order valence-electron chi connectivity index (χ1n) is 8.57. The molecular weight excluding hydrogens is 324 g/mol. The van der Waals surface area contributed by atoms with Crippen LogP contribution in [0, 0.1) is 5.41 Å². The summed E-state index contributed by atoms with van der Waals surface area (Å²) in [6.07, 6.45) is 2.25. The Balaban J connectivity index is 1.97. The second kappa shape index (κ2) is 8.07. The van der Waals surface area contributed by atoms with Crippen molar-refractivity contribution in [2.24, 2.45) is 5.41 Å². The lowest BCUT2D eigenvalue weighted by Crippen LogP contribution is -2.42. The van der Waals surface area contributed by atoms with E-state index in [9.17, 15) is 9.59 Å². The van der Waals surface area contributed by atoms with Gasteiger partial charge in [0.05, 0.1) is 12.1 Å². The summed E-state index contributed by atoms with van der Waals surface area (Å²) in [6.45, 7) is 10.3. The van der Waals surface area contributed by atoms with Gasteiger partial charge >= 0.3 is 0 Å². The van der Waals surface area contributed by atoms with E-state index < -0.39 is 5.41 Å². The van der Waals surface area contributed by atoms with Crippen molar-refractivity contribution in [3.8, 4) is 0 Å². The molecule has 1 fully saturated rings. The number of anilines is 1. The fourth-order valence-electron chi connectivity index (χ4n) is 2.64. The van der Waals surface area contributed by atoms with Crippen molar-refractivity contribution < 1.29 is 9.59 Å². The molecule has 0 radical (unpaired) electrons. The van der Waals surface area contributed by atoms with E-state index in [1.807, 2.05) is 31.1 Å². The lowest BCUT2D eigenvalue weighted by Gasteiger charge is -2.28. The summed E-state index contributed by atoms with van der Waals surface area (Å²) >= 11 is 1.37. The van der Waals surface area contributed by atoms with Gasteiger partial charge in [-0.3, -0.25) is 9.59 Å². The lowest BCUT2D eigenvalue weighted by molar-refractivity contribution is -0.132. The van der Waals surface area contributed by atoms with Crippen LogP contribution in [0.15, 0.2) is 5.38 Å². The van der Waals surface area contributed by atoms with E-state index in [2.05, 4.69) is 22.5 Å². The molecule has 1 aliphatic rings. The Morgan fingerprint density at radius 3 is 2.79 bits per heavy atom. The molecule has 24 heavy (non-hydrogen) atoms. The molecule has 134 valence electrons. The average Bonchev–Trinajstić information content (AvgIpc) is 3.15. The van der Waals surface area contributed by atoms with Crippen LogP contribution in [0.2, 0.25) is 0 Å². The van der Waals surface area contributed by atoms with Crippen molar-refractivity contribution in [1.29, 1.82) is 0 Å². The number of rotatable bonds is 6. The Morgan fingerprint density at radius 2 is 2.21 bits per heavy atom. The fraction of sp³-hybridized carbons (Fsp3) is 0.706. The Labute approximate surface area is 148 Å². The first kappa shape index (κ1) is 18.9. The summed E-state index contributed by atoms with van der Waals surface area (Å²) in [5.74, 6) is 0.0453. The van der Waals surface area contributed by atoms with Gasteiger partial charge in [0.15, 0.2) is 5.13 Å². The number of carbonyl (C=O) groups excluding carboxylic acids is 2. The highest BCUT2D eigenvalue weighted by molar-refractivity contribution is 7.13. The second-order valence-electron chi connectivity index (χ2n) is 7.26. The number of hydrogen-bond acceptors (Lipinski definition) is 5. The third kappa shape index (κ3) is 5.01. The van der Waals surface area contributed by atoms with Gasteiger partial charge in [-0.25, -0.2) is 4.98 Å². The average molecular weight is 353 g/mol. The molecule has 1 atom stereocenters. The van der Waals surface area contributed by atoms with Crippen LogP contribution in [0.3, 0.4) is 0 Å². The molecule has 0 aromatic carbocycles. The second-order valence-corrected chi connectivity index (χ2v) is 8.12. The molecule has 0 aliphatic carbocycles. The summed E-state index contributed by atoms with van der Waals surface area (Å²) in [5.41, 5.74) is 0.260. The van der Waals surface area contributed by atoms with E-state index >= 15 is 0 Å². The van der Waals surface area contributed by atoms with Gasteiger partial charge in [-0.1, -0.05) is 27.7 Å². The van der Waals surface area contributed by atoms with Crippen molar-refractivity contribution in [3.63, 3.8) is 0 Å². The summed E-state index contributed by atoms with van der Waals surface area (Å²) in [7, 11) is 0. The molecule has 0 spiro atoms. The molecule has 2 heterocycles. The molecule has 2 N–H and O–H groups in total. The SMILES string of the molecule is CCCN(C(=O)Cc1csc(NC(=O)C(C)(C)C)n1)C1CCNC1. The largest absolute Gasteiger partial charge is 0.338 e. The maximum atomic E-state index is 12.7. The van der Waals surface area contributed by atoms with Crippen molar-refractivity contribution in [3.05, 3.63) is 11.1 Å². The van der Waals surface area contributed by atoms with E-state index in [-0.39, 0.29) is 17.9 Å². The number of amides is 2. The smallest absolute Gasteiger partial charge is 0.231 e. The van der Waals surface area contributed by atoms with Crippen molar-refractivity contribution in [2.75, 3.05) is 25.0 Å². The molecule has 1 aliphatic heterocycles. The fourth-order valence-corrected chi connectivity index (χ4v) is 3.35. The molecule has 1 unspecified atom stereocenters. The van der Waals surface area contributed by atoms with Gasteiger partial charge in [0.2, 0.25) is 11.8 Å².